The second-order valence-corrected chi connectivity index (χ2v) is 8.08. The van der Waals surface area contributed by atoms with Crippen molar-refractivity contribution >= 4 is 5.91 Å². The predicted molar refractivity (Wildman–Crippen MR) is 104 cm³/mol. The van der Waals surface area contributed by atoms with Crippen LogP contribution < -0.4 is 0 Å². The van der Waals surface area contributed by atoms with Gasteiger partial charge in [-0.15, -0.1) is 0 Å². The topological polar surface area (TPSA) is 47.4 Å². The molecular weight excluding hydrogens is 338 g/mol. The van der Waals surface area contributed by atoms with Gasteiger partial charge >= 0.3 is 0 Å². The van der Waals surface area contributed by atoms with Crippen molar-refractivity contribution in [2.24, 2.45) is 18.9 Å². The number of carbonyl (C=O) groups excluding carboxylic acids is 1. The molecule has 1 aliphatic carbocycles. The van der Waals surface area contributed by atoms with Gasteiger partial charge in [-0.05, 0) is 55.1 Å². The van der Waals surface area contributed by atoms with Crippen molar-refractivity contribution in [1.82, 2.24) is 14.5 Å². The summed E-state index contributed by atoms with van der Waals surface area (Å²) in [5.41, 5.74) is 2.64. The van der Waals surface area contributed by atoms with Gasteiger partial charge in [-0.3, -0.25) is 4.79 Å². The molecule has 1 aliphatic heterocycles. The lowest BCUT2D eigenvalue weighted by Gasteiger charge is -2.31. The number of benzene rings is 1. The number of rotatable bonds is 7. The maximum Gasteiger partial charge on any atom is 0.289 e. The zero-order valence-corrected chi connectivity index (χ0v) is 16.1. The minimum atomic E-state index is 0.0523. The first-order chi connectivity index (χ1) is 13.2. The van der Waals surface area contributed by atoms with Gasteiger partial charge in [0.1, 0.15) is 0 Å². The van der Waals surface area contributed by atoms with Crippen molar-refractivity contribution in [2.45, 2.75) is 38.7 Å². The molecule has 1 saturated carbocycles. The number of nitrogens with zero attached hydrogens (tertiary/aromatic N) is 3. The van der Waals surface area contributed by atoms with Crippen LogP contribution in [0, 0.1) is 11.8 Å². The second-order valence-electron chi connectivity index (χ2n) is 8.08. The van der Waals surface area contributed by atoms with E-state index in [2.05, 4.69) is 29.2 Å². The fourth-order valence-corrected chi connectivity index (χ4v) is 3.79. The number of piperidine rings is 1. The summed E-state index contributed by atoms with van der Waals surface area (Å²) in [5.74, 6) is 2.05. The molecule has 0 atom stereocenters. The quantitative estimate of drug-likeness (QED) is 0.753. The molecule has 0 bridgehead atoms. The van der Waals surface area contributed by atoms with Crippen molar-refractivity contribution in [3.05, 3.63) is 53.6 Å². The molecule has 5 nitrogen and oxygen atoms in total. The van der Waals surface area contributed by atoms with Gasteiger partial charge in [-0.2, -0.15) is 0 Å². The molecule has 0 unspecified atom stereocenters. The highest BCUT2D eigenvalue weighted by Crippen LogP contribution is 2.29. The Labute approximate surface area is 161 Å². The molecule has 1 aromatic heterocycles. The SMILES string of the molecule is Cn1ccnc1C(=O)N1CCC(Cc2ccc(COCC3CC3)cc2)CC1. The first-order valence-electron chi connectivity index (χ1n) is 10.1. The van der Waals surface area contributed by atoms with Crippen LogP contribution in [0.2, 0.25) is 0 Å². The lowest BCUT2D eigenvalue weighted by molar-refractivity contribution is 0.0674. The Kier molecular flexibility index (Phi) is 5.58. The van der Waals surface area contributed by atoms with E-state index in [9.17, 15) is 4.79 Å². The number of aryl methyl sites for hydroxylation is 1. The predicted octanol–water partition coefficient (Wildman–Crippen LogP) is 3.44. The van der Waals surface area contributed by atoms with E-state index < -0.39 is 0 Å². The number of hydrogen-bond acceptors (Lipinski definition) is 3. The summed E-state index contributed by atoms with van der Waals surface area (Å²) >= 11 is 0. The zero-order chi connectivity index (χ0) is 18.6. The van der Waals surface area contributed by atoms with Crippen LogP contribution in [0.15, 0.2) is 36.7 Å². The van der Waals surface area contributed by atoms with Crippen molar-refractivity contribution in [3.63, 3.8) is 0 Å². The summed E-state index contributed by atoms with van der Waals surface area (Å²) in [7, 11) is 1.87. The zero-order valence-electron chi connectivity index (χ0n) is 16.1. The van der Waals surface area contributed by atoms with E-state index in [1.54, 1.807) is 10.8 Å². The van der Waals surface area contributed by atoms with Gasteiger partial charge in [0.15, 0.2) is 5.82 Å². The number of imidazole rings is 1. The van der Waals surface area contributed by atoms with Crippen LogP contribution in [0.3, 0.4) is 0 Å². The number of carbonyl (C=O) groups is 1. The van der Waals surface area contributed by atoms with E-state index in [1.165, 1.54) is 24.0 Å². The van der Waals surface area contributed by atoms with E-state index in [-0.39, 0.29) is 5.91 Å². The average molecular weight is 367 g/mol. The average Bonchev–Trinajstić information content (AvgIpc) is 3.42. The van der Waals surface area contributed by atoms with Crippen LogP contribution >= 0.6 is 0 Å². The molecule has 144 valence electrons. The molecule has 5 heteroatoms. The number of ether oxygens (including phenoxy) is 1. The van der Waals surface area contributed by atoms with E-state index in [4.69, 9.17) is 4.74 Å². The van der Waals surface area contributed by atoms with E-state index in [1.807, 2.05) is 18.1 Å². The normalized spacial score (nSPS) is 18.0. The number of hydrogen-bond donors (Lipinski definition) is 0. The van der Waals surface area contributed by atoms with Gasteiger partial charge in [0.25, 0.3) is 5.91 Å². The molecule has 1 aromatic carbocycles. The Balaban J connectivity index is 1.22. The maximum atomic E-state index is 12.5. The molecule has 0 radical (unpaired) electrons. The Morgan fingerprint density at radius 1 is 1.07 bits per heavy atom. The number of likely N-dealkylation sites (tertiary alicyclic amines) is 1. The Bertz CT molecular complexity index is 756. The first-order valence-corrected chi connectivity index (χ1v) is 10.1. The van der Waals surface area contributed by atoms with E-state index in [0.29, 0.717) is 11.7 Å². The third-order valence-corrected chi connectivity index (χ3v) is 5.78. The summed E-state index contributed by atoms with van der Waals surface area (Å²) in [6, 6.07) is 8.87. The molecule has 0 N–H and O–H groups in total. The highest BCUT2D eigenvalue weighted by molar-refractivity contribution is 5.90. The molecule has 1 saturated heterocycles. The molecule has 4 rings (SSSR count). The minimum absolute atomic E-state index is 0.0523. The Morgan fingerprint density at radius 3 is 2.41 bits per heavy atom. The van der Waals surface area contributed by atoms with Crippen LogP contribution in [0.5, 0.6) is 0 Å². The third-order valence-electron chi connectivity index (χ3n) is 5.78. The van der Waals surface area contributed by atoms with Crippen LogP contribution in [0.25, 0.3) is 0 Å². The van der Waals surface area contributed by atoms with Crippen molar-refractivity contribution in [1.29, 1.82) is 0 Å². The smallest absolute Gasteiger partial charge is 0.289 e. The highest BCUT2D eigenvalue weighted by Gasteiger charge is 2.25. The van der Waals surface area contributed by atoms with Crippen molar-refractivity contribution in [3.8, 4) is 0 Å². The summed E-state index contributed by atoms with van der Waals surface area (Å²) in [5, 5.41) is 0. The molecule has 2 aliphatic rings. The molecule has 27 heavy (non-hydrogen) atoms. The third kappa shape index (κ3) is 4.78. The van der Waals surface area contributed by atoms with Gasteiger partial charge in [-0.25, -0.2) is 4.98 Å². The van der Waals surface area contributed by atoms with Gasteiger partial charge in [-0.1, -0.05) is 24.3 Å². The van der Waals surface area contributed by atoms with Crippen molar-refractivity contribution < 1.29 is 9.53 Å². The Hall–Kier alpha value is -2.14. The van der Waals surface area contributed by atoms with E-state index >= 15 is 0 Å². The lowest BCUT2D eigenvalue weighted by Crippen LogP contribution is -2.39. The molecule has 0 spiro atoms. The van der Waals surface area contributed by atoms with E-state index in [0.717, 1.165) is 51.5 Å². The summed E-state index contributed by atoms with van der Waals surface area (Å²) in [6.45, 7) is 3.29. The largest absolute Gasteiger partial charge is 0.376 e. The molecule has 2 heterocycles. The summed E-state index contributed by atoms with van der Waals surface area (Å²) < 4.78 is 7.56. The second kappa shape index (κ2) is 8.26. The van der Waals surface area contributed by atoms with Gasteiger partial charge in [0.05, 0.1) is 6.61 Å². The standard InChI is InChI=1S/C22H29N3O2/c1-24-13-10-23-21(24)22(26)25-11-8-18(9-12-25)14-17-2-4-19(5-3-17)15-27-16-20-6-7-20/h2-5,10,13,18,20H,6-9,11-12,14-16H2,1H3. The van der Waals surface area contributed by atoms with Gasteiger partial charge in [0, 0.05) is 39.1 Å². The van der Waals surface area contributed by atoms with Crippen LogP contribution in [0.4, 0.5) is 0 Å². The molecular formula is C22H29N3O2. The Morgan fingerprint density at radius 2 is 1.78 bits per heavy atom. The molecule has 1 amide bonds. The maximum absolute atomic E-state index is 12.5. The fraction of sp³-hybridized carbons (Fsp3) is 0.545. The van der Waals surface area contributed by atoms with Gasteiger partial charge in [0.2, 0.25) is 0 Å². The van der Waals surface area contributed by atoms with Crippen LogP contribution in [-0.4, -0.2) is 40.1 Å². The lowest BCUT2D eigenvalue weighted by atomic mass is 9.90. The molecule has 2 aromatic rings. The number of aromatic nitrogens is 2. The number of amides is 1. The first kappa shape index (κ1) is 18.2. The van der Waals surface area contributed by atoms with Crippen LogP contribution in [-0.2, 0) is 24.8 Å². The monoisotopic (exact) mass is 367 g/mol. The van der Waals surface area contributed by atoms with Crippen molar-refractivity contribution in [2.75, 3.05) is 19.7 Å². The van der Waals surface area contributed by atoms with Crippen LogP contribution in [0.1, 0.15) is 47.4 Å². The summed E-state index contributed by atoms with van der Waals surface area (Å²) in [6.07, 6.45) is 9.38. The van der Waals surface area contributed by atoms with Gasteiger partial charge < -0.3 is 14.2 Å². The fourth-order valence-electron chi connectivity index (χ4n) is 3.79. The molecule has 2 fully saturated rings. The minimum Gasteiger partial charge on any atom is -0.376 e. The highest BCUT2D eigenvalue weighted by atomic mass is 16.5. The summed E-state index contributed by atoms with van der Waals surface area (Å²) in [4.78, 5) is 18.7.